The number of rotatable bonds is 1. The molecule has 1 fully saturated rings. The van der Waals surface area contributed by atoms with Gasteiger partial charge in [-0.25, -0.2) is 0 Å². The predicted octanol–water partition coefficient (Wildman–Crippen LogP) is 1.84. The van der Waals surface area contributed by atoms with Crippen LogP contribution in [0.5, 0.6) is 0 Å². The van der Waals surface area contributed by atoms with Crippen molar-refractivity contribution in [3.63, 3.8) is 0 Å². The number of halogens is 3. The van der Waals surface area contributed by atoms with E-state index in [2.05, 4.69) is 5.32 Å². The van der Waals surface area contributed by atoms with Gasteiger partial charge in [0, 0.05) is 31.6 Å². The number of carbonyl (C=O) groups is 3. The first-order valence-electron chi connectivity index (χ1n) is 6.56. The molecule has 0 saturated carbocycles. The Hall–Kier alpha value is -2.38. The molecule has 0 atom stereocenters. The van der Waals surface area contributed by atoms with Gasteiger partial charge >= 0.3 is 18.0 Å². The van der Waals surface area contributed by atoms with Gasteiger partial charge in [0.2, 0.25) is 0 Å². The van der Waals surface area contributed by atoms with Crippen LogP contribution in [0.2, 0.25) is 0 Å². The maximum atomic E-state index is 12.6. The lowest BCUT2D eigenvalue weighted by Gasteiger charge is -2.25. The van der Waals surface area contributed by atoms with E-state index in [0.717, 1.165) is 18.2 Å². The molecule has 0 radical (unpaired) electrons. The molecule has 0 aliphatic carbocycles. The molecule has 1 aromatic rings. The molecule has 1 heterocycles. The molecular formula is C14H13F3N2O3. The van der Waals surface area contributed by atoms with E-state index in [4.69, 9.17) is 0 Å². The van der Waals surface area contributed by atoms with Crippen LogP contribution in [0.25, 0.3) is 0 Å². The average molecular weight is 314 g/mol. The van der Waals surface area contributed by atoms with Gasteiger partial charge in [-0.2, -0.15) is 13.2 Å². The van der Waals surface area contributed by atoms with Crippen molar-refractivity contribution in [3.8, 4) is 0 Å². The second kappa shape index (κ2) is 6.17. The summed E-state index contributed by atoms with van der Waals surface area (Å²) in [5, 5.41) is 2.15. The smallest absolute Gasteiger partial charge is 0.334 e. The van der Waals surface area contributed by atoms with Gasteiger partial charge < -0.3 is 10.2 Å². The molecular weight excluding hydrogens is 301 g/mol. The van der Waals surface area contributed by atoms with Crippen molar-refractivity contribution < 1.29 is 27.6 Å². The van der Waals surface area contributed by atoms with Crippen LogP contribution in [0.3, 0.4) is 0 Å². The van der Waals surface area contributed by atoms with E-state index in [1.165, 1.54) is 11.0 Å². The monoisotopic (exact) mass is 314 g/mol. The van der Waals surface area contributed by atoms with E-state index < -0.39 is 23.6 Å². The zero-order chi connectivity index (χ0) is 16.3. The Morgan fingerprint density at radius 2 is 1.77 bits per heavy atom. The second-order valence-corrected chi connectivity index (χ2v) is 4.86. The number of hydrogen-bond donors (Lipinski definition) is 1. The summed E-state index contributed by atoms with van der Waals surface area (Å²) in [6.07, 6.45) is -4.16. The first-order chi connectivity index (χ1) is 10.3. The Kier molecular flexibility index (Phi) is 4.48. The number of anilines is 1. The largest absolute Gasteiger partial charge is 0.416 e. The van der Waals surface area contributed by atoms with E-state index in [1.54, 1.807) is 0 Å². The highest BCUT2D eigenvalue weighted by Gasteiger charge is 2.31. The number of amides is 2. The van der Waals surface area contributed by atoms with Gasteiger partial charge in [0.1, 0.15) is 5.78 Å². The molecule has 0 bridgehead atoms. The summed E-state index contributed by atoms with van der Waals surface area (Å²) in [6.45, 7) is 0.293. The van der Waals surface area contributed by atoms with Crippen molar-refractivity contribution in [2.45, 2.75) is 19.0 Å². The van der Waals surface area contributed by atoms with Crippen molar-refractivity contribution in [1.29, 1.82) is 0 Å². The topological polar surface area (TPSA) is 66.5 Å². The van der Waals surface area contributed by atoms with Crippen LogP contribution in [-0.4, -0.2) is 35.6 Å². The molecule has 0 spiro atoms. The van der Waals surface area contributed by atoms with Crippen LogP contribution >= 0.6 is 0 Å². The SMILES string of the molecule is O=C1CCN(C(=O)C(=O)Nc2cccc(C(F)(F)F)c2)CC1. The highest BCUT2D eigenvalue weighted by Crippen LogP contribution is 2.30. The molecule has 8 heteroatoms. The second-order valence-electron chi connectivity index (χ2n) is 4.86. The maximum Gasteiger partial charge on any atom is 0.416 e. The van der Waals surface area contributed by atoms with Crippen LogP contribution in [0.15, 0.2) is 24.3 Å². The summed E-state index contributed by atoms with van der Waals surface area (Å²) < 4.78 is 37.7. The lowest BCUT2D eigenvalue weighted by atomic mass is 10.1. The number of alkyl halides is 3. The maximum absolute atomic E-state index is 12.6. The Morgan fingerprint density at radius 1 is 1.14 bits per heavy atom. The van der Waals surface area contributed by atoms with E-state index in [-0.39, 0.29) is 37.4 Å². The lowest BCUT2D eigenvalue weighted by molar-refractivity contribution is -0.144. The Morgan fingerprint density at radius 3 is 2.36 bits per heavy atom. The summed E-state index contributed by atoms with van der Waals surface area (Å²) in [7, 11) is 0. The third-order valence-electron chi connectivity index (χ3n) is 3.25. The minimum atomic E-state index is -4.53. The summed E-state index contributed by atoms with van der Waals surface area (Å²) in [5.74, 6) is -1.86. The van der Waals surface area contributed by atoms with Gasteiger partial charge in [-0.05, 0) is 18.2 Å². The Labute approximate surface area is 124 Å². The van der Waals surface area contributed by atoms with E-state index >= 15 is 0 Å². The Bertz CT molecular complexity index is 604. The fourth-order valence-electron chi connectivity index (χ4n) is 2.06. The number of nitrogens with zero attached hydrogens (tertiary/aromatic N) is 1. The van der Waals surface area contributed by atoms with Gasteiger partial charge in [0.25, 0.3) is 0 Å². The van der Waals surface area contributed by atoms with Crippen LogP contribution in [0.1, 0.15) is 18.4 Å². The fraction of sp³-hybridized carbons (Fsp3) is 0.357. The number of nitrogens with one attached hydrogen (secondary N) is 1. The standard InChI is InChI=1S/C14H13F3N2O3/c15-14(16,17)9-2-1-3-10(8-9)18-12(21)13(22)19-6-4-11(20)5-7-19/h1-3,8H,4-7H2,(H,18,21). The number of likely N-dealkylation sites (tertiary alicyclic amines) is 1. The molecule has 118 valence electrons. The van der Waals surface area contributed by atoms with Gasteiger partial charge in [0.15, 0.2) is 0 Å². The number of carbonyl (C=O) groups excluding carboxylic acids is 3. The van der Waals surface area contributed by atoms with Gasteiger partial charge in [0.05, 0.1) is 5.56 Å². The molecule has 1 aromatic carbocycles. The third kappa shape index (κ3) is 3.84. The zero-order valence-corrected chi connectivity index (χ0v) is 11.4. The molecule has 5 nitrogen and oxygen atoms in total. The predicted molar refractivity (Wildman–Crippen MR) is 70.9 cm³/mol. The molecule has 2 rings (SSSR count). The van der Waals surface area contributed by atoms with Crippen LogP contribution < -0.4 is 5.32 Å². The van der Waals surface area contributed by atoms with E-state index in [0.29, 0.717) is 0 Å². The van der Waals surface area contributed by atoms with Crippen LogP contribution in [-0.2, 0) is 20.6 Å². The van der Waals surface area contributed by atoms with Gasteiger partial charge in [-0.1, -0.05) is 6.07 Å². The summed E-state index contributed by atoms with van der Waals surface area (Å²) in [4.78, 5) is 35.9. The number of benzene rings is 1. The normalized spacial score (nSPS) is 15.6. The number of hydrogen-bond acceptors (Lipinski definition) is 3. The summed E-state index contributed by atoms with van der Waals surface area (Å²) in [5.41, 5.74) is -1.03. The third-order valence-corrected chi connectivity index (χ3v) is 3.25. The van der Waals surface area contributed by atoms with Gasteiger partial charge in [-0.15, -0.1) is 0 Å². The van der Waals surface area contributed by atoms with Crippen molar-refractivity contribution in [2.24, 2.45) is 0 Å². The minimum absolute atomic E-state index is 0.0161. The number of ketones is 1. The fourth-order valence-corrected chi connectivity index (χ4v) is 2.06. The van der Waals surface area contributed by atoms with E-state index in [1.807, 2.05) is 0 Å². The molecule has 0 unspecified atom stereocenters. The molecule has 2 amide bonds. The van der Waals surface area contributed by atoms with Crippen LogP contribution in [0, 0.1) is 0 Å². The molecule has 1 N–H and O–H groups in total. The molecule has 0 aromatic heterocycles. The molecule has 1 saturated heterocycles. The van der Waals surface area contributed by atoms with Crippen LogP contribution in [0.4, 0.5) is 18.9 Å². The molecule has 22 heavy (non-hydrogen) atoms. The quantitative estimate of drug-likeness (QED) is 0.804. The van der Waals surface area contributed by atoms with Crippen molar-refractivity contribution in [2.75, 3.05) is 18.4 Å². The first kappa shape index (κ1) is 16.0. The Balaban J connectivity index is 2.02. The minimum Gasteiger partial charge on any atom is -0.334 e. The first-order valence-corrected chi connectivity index (χ1v) is 6.56. The lowest BCUT2D eigenvalue weighted by Crippen LogP contribution is -2.44. The van der Waals surface area contributed by atoms with Crippen molar-refractivity contribution >= 4 is 23.3 Å². The zero-order valence-electron chi connectivity index (χ0n) is 11.4. The average Bonchev–Trinajstić information content (AvgIpc) is 2.46. The molecule has 1 aliphatic rings. The van der Waals surface area contributed by atoms with Crippen molar-refractivity contribution in [1.82, 2.24) is 4.90 Å². The van der Waals surface area contributed by atoms with E-state index in [9.17, 15) is 27.6 Å². The summed E-state index contributed by atoms with van der Waals surface area (Å²) in [6, 6.07) is 4.03. The number of Topliss-reactive ketones (excluding diaryl/α,β-unsaturated/α-hetero) is 1. The summed E-state index contributed by atoms with van der Waals surface area (Å²) >= 11 is 0. The highest BCUT2D eigenvalue weighted by molar-refractivity contribution is 6.39. The molecule has 1 aliphatic heterocycles. The number of piperidine rings is 1. The highest BCUT2D eigenvalue weighted by atomic mass is 19.4. The van der Waals surface area contributed by atoms with Crippen molar-refractivity contribution in [3.05, 3.63) is 29.8 Å². The van der Waals surface area contributed by atoms with Gasteiger partial charge in [-0.3, -0.25) is 14.4 Å².